The average molecular weight is 381 g/mol. The molecule has 0 saturated carbocycles. The number of amides is 1. The van der Waals surface area contributed by atoms with Crippen molar-refractivity contribution in [3.63, 3.8) is 0 Å². The van der Waals surface area contributed by atoms with Gasteiger partial charge in [-0.3, -0.25) is 4.79 Å². The van der Waals surface area contributed by atoms with Crippen molar-refractivity contribution in [2.75, 3.05) is 31.2 Å². The van der Waals surface area contributed by atoms with Gasteiger partial charge >= 0.3 is 6.36 Å². The van der Waals surface area contributed by atoms with Crippen LogP contribution in [0.15, 0.2) is 42.6 Å². The molecule has 1 amide bonds. The van der Waals surface area contributed by atoms with Crippen molar-refractivity contribution in [3.8, 4) is 5.75 Å². The zero-order valence-corrected chi connectivity index (χ0v) is 14.3. The average Bonchev–Trinajstić information content (AvgIpc) is 2.67. The number of halogens is 3. The molecule has 1 aromatic heterocycles. The number of pyridine rings is 1. The van der Waals surface area contributed by atoms with Crippen LogP contribution in [0, 0.1) is 0 Å². The van der Waals surface area contributed by atoms with Crippen molar-refractivity contribution in [3.05, 3.63) is 53.7 Å². The first kappa shape index (κ1) is 19.0. The van der Waals surface area contributed by atoms with Gasteiger partial charge in [0.25, 0.3) is 5.91 Å². The lowest BCUT2D eigenvalue weighted by Gasteiger charge is -2.27. The lowest BCUT2D eigenvalue weighted by molar-refractivity contribution is -0.274. The Morgan fingerprint density at radius 2 is 1.85 bits per heavy atom. The van der Waals surface area contributed by atoms with Crippen LogP contribution in [0.4, 0.5) is 19.0 Å². The SMILES string of the molecule is O=C(NCc1ccc(OC(F)(F)F)cc1)c1ccc(N2CCOCC2)nc1. The molecule has 144 valence electrons. The predicted molar refractivity (Wildman–Crippen MR) is 91.6 cm³/mol. The Balaban J connectivity index is 1.53. The molecule has 1 fully saturated rings. The summed E-state index contributed by atoms with van der Waals surface area (Å²) in [6.07, 6.45) is -3.23. The third-order valence-electron chi connectivity index (χ3n) is 3.96. The zero-order chi connectivity index (χ0) is 19.3. The Morgan fingerprint density at radius 3 is 2.44 bits per heavy atom. The minimum Gasteiger partial charge on any atom is -0.406 e. The van der Waals surface area contributed by atoms with E-state index in [1.165, 1.54) is 30.5 Å². The molecule has 0 radical (unpaired) electrons. The molecule has 0 bridgehead atoms. The van der Waals surface area contributed by atoms with Gasteiger partial charge in [-0.2, -0.15) is 0 Å². The van der Waals surface area contributed by atoms with E-state index in [2.05, 4.69) is 19.9 Å². The number of carbonyl (C=O) groups excluding carboxylic acids is 1. The number of anilines is 1. The summed E-state index contributed by atoms with van der Waals surface area (Å²) in [7, 11) is 0. The monoisotopic (exact) mass is 381 g/mol. The maximum absolute atomic E-state index is 12.2. The van der Waals surface area contributed by atoms with E-state index in [-0.39, 0.29) is 18.2 Å². The second kappa shape index (κ2) is 8.26. The largest absolute Gasteiger partial charge is 0.573 e. The Hall–Kier alpha value is -2.81. The zero-order valence-electron chi connectivity index (χ0n) is 14.3. The smallest absolute Gasteiger partial charge is 0.406 e. The molecule has 0 spiro atoms. The molecule has 27 heavy (non-hydrogen) atoms. The number of rotatable bonds is 5. The molecule has 3 rings (SSSR count). The van der Waals surface area contributed by atoms with E-state index < -0.39 is 6.36 Å². The summed E-state index contributed by atoms with van der Waals surface area (Å²) in [6, 6.07) is 8.79. The van der Waals surface area contributed by atoms with Crippen molar-refractivity contribution < 1.29 is 27.4 Å². The Kier molecular flexibility index (Phi) is 5.80. The second-order valence-electron chi connectivity index (χ2n) is 5.88. The number of nitrogens with one attached hydrogen (secondary N) is 1. The van der Waals surface area contributed by atoms with E-state index in [4.69, 9.17) is 4.74 Å². The lowest BCUT2D eigenvalue weighted by atomic mass is 10.2. The van der Waals surface area contributed by atoms with Gasteiger partial charge in [0.1, 0.15) is 11.6 Å². The lowest BCUT2D eigenvalue weighted by Crippen LogP contribution is -2.36. The number of nitrogens with zero attached hydrogens (tertiary/aromatic N) is 2. The first-order valence-electron chi connectivity index (χ1n) is 8.32. The number of benzene rings is 1. The highest BCUT2D eigenvalue weighted by Gasteiger charge is 2.30. The molecule has 2 heterocycles. The van der Waals surface area contributed by atoms with Crippen molar-refractivity contribution in [1.82, 2.24) is 10.3 Å². The van der Waals surface area contributed by atoms with E-state index in [1.807, 2.05) is 0 Å². The fraction of sp³-hybridized carbons (Fsp3) is 0.333. The standard InChI is InChI=1S/C18H18F3N3O3/c19-18(20,21)27-15-4-1-13(2-5-15)11-23-17(25)14-3-6-16(22-12-14)24-7-9-26-10-8-24/h1-6,12H,7-11H2,(H,23,25). The number of carbonyl (C=O) groups is 1. The molecule has 2 aromatic rings. The molecule has 0 unspecified atom stereocenters. The van der Waals surface area contributed by atoms with E-state index in [1.54, 1.807) is 12.1 Å². The maximum atomic E-state index is 12.2. The third-order valence-corrected chi connectivity index (χ3v) is 3.96. The van der Waals surface area contributed by atoms with Gasteiger partial charge in [-0.1, -0.05) is 12.1 Å². The van der Waals surface area contributed by atoms with Crippen LogP contribution in [0.3, 0.4) is 0 Å². The summed E-state index contributed by atoms with van der Waals surface area (Å²) >= 11 is 0. The van der Waals surface area contributed by atoms with Crippen molar-refractivity contribution in [2.24, 2.45) is 0 Å². The molecular weight excluding hydrogens is 363 g/mol. The van der Waals surface area contributed by atoms with E-state index in [0.29, 0.717) is 24.3 Å². The Bertz CT molecular complexity index is 758. The van der Waals surface area contributed by atoms with Crippen LogP contribution in [0.1, 0.15) is 15.9 Å². The highest BCUT2D eigenvalue weighted by Crippen LogP contribution is 2.22. The third kappa shape index (κ3) is 5.58. The number of ether oxygens (including phenoxy) is 2. The summed E-state index contributed by atoms with van der Waals surface area (Å²) in [5, 5.41) is 2.71. The first-order valence-corrected chi connectivity index (χ1v) is 8.32. The molecule has 1 N–H and O–H groups in total. The van der Waals surface area contributed by atoms with Crippen LogP contribution in [0.25, 0.3) is 0 Å². The molecule has 1 saturated heterocycles. The van der Waals surface area contributed by atoms with Gasteiger partial charge in [-0.05, 0) is 29.8 Å². The molecule has 1 aromatic carbocycles. The van der Waals surface area contributed by atoms with Crippen molar-refractivity contribution >= 4 is 11.7 Å². The molecule has 0 atom stereocenters. The number of morpholine rings is 1. The van der Waals surface area contributed by atoms with E-state index in [9.17, 15) is 18.0 Å². The summed E-state index contributed by atoms with van der Waals surface area (Å²) in [5.41, 5.74) is 1.06. The second-order valence-corrected chi connectivity index (χ2v) is 5.88. The van der Waals surface area contributed by atoms with Crippen LogP contribution < -0.4 is 15.0 Å². The molecule has 1 aliphatic rings. The minimum atomic E-state index is -4.73. The van der Waals surface area contributed by atoms with Gasteiger partial charge in [0.05, 0.1) is 18.8 Å². The Labute approximate surface area is 153 Å². The molecule has 9 heteroatoms. The quantitative estimate of drug-likeness (QED) is 0.863. The highest BCUT2D eigenvalue weighted by molar-refractivity contribution is 5.94. The molecule has 1 aliphatic heterocycles. The minimum absolute atomic E-state index is 0.177. The van der Waals surface area contributed by atoms with Crippen LogP contribution in [0.5, 0.6) is 5.75 Å². The van der Waals surface area contributed by atoms with Gasteiger partial charge in [0, 0.05) is 25.8 Å². The molecule has 0 aliphatic carbocycles. The summed E-state index contributed by atoms with van der Waals surface area (Å²) < 4.78 is 45.5. The van der Waals surface area contributed by atoms with Gasteiger partial charge in [-0.15, -0.1) is 13.2 Å². The van der Waals surface area contributed by atoms with Gasteiger partial charge < -0.3 is 19.7 Å². The van der Waals surface area contributed by atoms with Gasteiger partial charge in [0.15, 0.2) is 0 Å². The fourth-order valence-corrected chi connectivity index (χ4v) is 2.59. The van der Waals surface area contributed by atoms with Gasteiger partial charge in [-0.25, -0.2) is 4.98 Å². The van der Waals surface area contributed by atoms with Gasteiger partial charge in [0.2, 0.25) is 0 Å². The topological polar surface area (TPSA) is 63.7 Å². The van der Waals surface area contributed by atoms with Crippen LogP contribution in [0.2, 0.25) is 0 Å². The van der Waals surface area contributed by atoms with Crippen LogP contribution in [-0.4, -0.2) is 43.6 Å². The summed E-state index contributed by atoms with van der Waals surface area (Å²) in [5.74, 6) is 0.169. The number of hydrogen-bond acceptors (Lipinski definition) is 5. The summed E-state index contributed by atoms with van der Waals surface area (Å²) in [4.78, 5) is 18.6. The van der Waals surface area contributed by atoms with E-state index in [0.717, 1.165) is 18.9 Å². The van der Waals surface area contributed by atoms with Crippen LogP contribution in [-0.2, 0) is 11.3 Å². The van der Waals surface area contributed by atoms with Crippen molar-refractivity contribution in [1.29, 1.82) is 0 Å². The predicted octanol–water partition coefficient (Wildman–Crippen LogP) is 2.75. The summed E-state index contributed by atoms with van der Waals surface area (Å²) in [6.45, 7) is 2.99. The number of alkyl halides is 3. The van der Waals surface area contributed by atoms with E-state index >= 15 is 0 Å². The first-order chi connectivity index (χ1) is 12.9. The Morgan fingerprint density at radius 1 is 1.15 bits per heavy atom. The normalized spacial score (nSPS) is 14.7. The maximum Gasteiger partial charge on any atom is 0.573 e. The highest BCUT2D eigenvalue weighted by atomic mass is 19.4. The molecule has 6 nitrogen and oxygen atoms in total. The molecular formula is C18H18F3N3O3. The fourth-order valence-electron chi connectivity index (χ4n) is 2.59. The number of hydrogen-bond donors (Lipinski definition) is 1. The number of aromatic nitrogens is 1. The van der Waals surface area contributed by atoms with Crippen molar-refractivity contribution in [2.45, 2.75) is 12.9 Å². The van der Waals surface area contributed by atoms with Crippen LogP contribution >= 0.6 is 0 Å².